The SMILES string of the molecule is COC(=O)c1ccc(C(=O)N2CCN(c3cccc(C)c3C)CC2)cc1. The minimum atomic E-state index is -0.397. The maximum absolute atomic E-state index is 12.7. The molecule has 1 saturated heterocycles. The minimum Gasteiger partial charge on any atom is -0.465 e. The highest BCUT2D eigenvalue weighted by molar-refractivity contribution is 5.96. The number of carbonyl (C=O) groups excluding carboxylic acids is 2. The van der Waals surface area contributed by atoms with Crippen molar-refractivity contribution in [1.82, 2.24) is 4.90 Å². The van der Waals surface area contributed by atoms with Crippen LogP contribution in [-0.2, 0) is 4.74 Å². The summed E-state index contributed by atoms with van der Waals surface area (Å²) in [6.07, 6.45) is 0. The number of esters is 1. The van der Waals surface area contributed by atoms with Crippen LogP contribution in [0.1, 0.15) is 31.8 Å². The summed E-state index contributed by atoms with van der Waals surface area (Å²) in [6, 6.07) is 13.0. The van der Waals surface area contributed by atoms with E-state index in [4.69, 9.17) is 0 Å². The average molecular weight is 352 g/mol. The third-order valence-electron chi connectivity index (χ3n) is 5.04. The van der Waals surface area contributed by atoms with Crippen molar-refractivity contribution in [3.63, 3.8) is 0 Å². The second-order valence-electron chi connectivity index (χ2n) is 6.57. The molecule has 0 unspecified atom stereocenters. The van der Waals surface area contributed by atoms with E-state index < -0.39 is 5.97 Å². The molecule has 0 atom stereocenters. The molecule has 0 radical (unpaired) electrons. The predicted molar refractivity (Wildman–Crippen MR) is 102 cm³/mol. The molecule has 0 spiro atoms. The number of amides is 1. The molecule has 2 aromatic carbocycles. The van der Waals surface area contributed by atoms with Crippen molar-refractivity contribution in [2.24, 2.45) is 0 Å². The van der Waals surface area contributed by atoms with E-state index in [0.29, 0.717) is 24.2 Å². The normalized spacial score (nSPS) is 14.3. The lowest BCUT2D eigenvalue weighted by atomic mass is 10.1. The van der Waals surface area contributed by atoms with E-state index in [2.05, 4.69) is 41.7 Å². The first-order valence-electron chi connectivity index (χ1n) is 8.80. The van der Waals surface area contributed by atoms with E-state index in [1.807, 2.05) is 4.90 Å². The molecule has 136 valence electrons. The molecule has 3 rings (SSSR count). The number of ether oxygens (including phenoxy) is 1. The summed E-state index contributed by atoms with van der Waals surface area (Å²) in [4.78, 5) is 28.4. The van der Waals surface area contributed by atoms with E-state index >= 15 is 0 Å². The highest BCUT2D eigenvalue weighted by Crippen LogP contribution is 2.24. The van der Waals surface area contributed by atoms with E-state index in [1.54, 1.807) is 24.3 Å². The number of benzene rings is 2. The molecule has 2 aromatic rings. The molecule has 5 heteroatoms. The van der Waals surface area contributed by atoms with Gasteiger partial charge < -0.3 is 14.5 Å². The monoisotopic (exact) mass is 352 g/mol. The minimum absolute atomic E-state index is 0.00188. The fourth-order valence-corrected chi connectivity index (χ4v) is 3.28. The van der Waals surface area contributed by atoms with Gasteiger partial charge in [0.05, 0.1) is 12.7 Å². The molecule has 1 heterocycles. The first kappa shape index (κ1) is 18.0. The van der Waals surface area contributed by atoms with Crippen LogP contribution in [0.2, 0.25) is 0 Å². The second-order valence-corrected chi connectivity index (χ2v) is 6.57. The molecule has 0 aromatic heterocycles. The lowest BCUT2D eigenvalue weighted by Gasteiger charge is -2.37. The Morgan fingerprint density at radius 2 is 1.50 bits per heavy atom. The Hall–Kier alpha value is -2.82. The highest BCUT2D eigenvalue weighted by atomic mass is 16.5. The standard InChI is InChI=1S/C21H24N2O3/c1-15-5-4-6-19(16(15)2)22-11-13-23(14-12-22)20(24)17-7-9-18(10-8-17)21(25)26-3/h4-10H,11-14H2,1-3H3. The lowest BCUT2D eigenvalue weighted by Crippen LogP contribution is -2.49. The van der Waals surface area contributed by atoms with Crippen LogP contribution in [0.4, 0.5) is 5.69 Å². The number of aryl methyl sites for hydroxylation is 1. The van der Waals surface area contributed by atoms with Gasteiger partial charge in [-0.15, -0.1) is 0 Å². The molecular weight excluding hydrogens is 328 g/mol. The van der Waals surface area contributed by atoms with Gasteiger partial charge in [-0.25, -0.2) is 4.79 Å². The number of carbonyl (C=O) groups is 2. The number of rotatable bonds is 3. The van der Waals surface area contributed by atoms with Crippen molar-refractivity contribution in [1.29, 1.82) is 0 Å². The largest absolute Gasteiger partial charge is 0.465 e. The van der Waals surface area contributed by atoms with Crippen molar-refractivity contribution in [2.45, 2.75) is 13.8 Å². The summed E-state index contributed by atoms with van der Waals surface area (Å²) in [7, 11) is 1.34. The van der Waals surface area contributed by atoms with Gasteiger partial charge in [0.15, 0.2) is 0 Å². The molecule has 0 N–H and O–H groups in total. The van der Waals surface area contributed by atoms with Crippen molar-refractivity contribution in [3.05, 3.63) is 64.7 Å². The molecule has 0 aliphatic carbocycles. The van der Waals surface area contributed by atoms with Gasteiger partial charge in [-0.3, -0.25) is 4.79 Å². The van der Waals surface area contributed by atoms with E-state index in [1.165, 1.54) is 23.9 Å². The number of hydrogen-bond acceptors (Lipinski definition) is 4. The van der Waals surface area contributed by atoms with Crippen molar-refractivity contribution >= 4 is 17.6 Å². The topological polar surface area (TPSA) is 49.9 Å². The van der Waals surface area contributed by atoms with Crippen LogP contribution in [0.3, 0.4) is 0 Å². The Labute approximate surface area is 154 Å². The van der Waals surface area contributed by atoms with Crippen LogP contribution in [0, 0.1) is 13.8 Å². The Morgan fingerprint density at radius 1 is 0.885 bits per heavy atom. The van der Waals surface area contributed by atoms with Crippen LogP contribution in [0.25, 0.3) is 0 Å². The zero-order valence-corrected chi connectivity index (χ0v) is 15.5. The lowest BCUT2D eigenvalue weighted by molar-refractivity contribution is 0.0599. The summed E-state index contributed by atoms with van der Waals surface area (Å²) in [5.74, 6) is -0.395. The Kier molecular flexibility index (Phi) is 5.26. The van der Waals surface area contributed by atoms with E-state index in [9.17, 15) is 9.59 Å². The fraction of sp³-hybridized carbons (Fsp3) is 0.333. The van der Waals surface area contributed by atoms with Crippen LogP contribution >= 0.6 is 0 Å². The number of anilines is 1. The van der Waals surface area contributed by atoms with Gasteiger partial charge in [0.1, 0.15) is 0 Å². The van der Waals surface area contributed by atoms with Gasteiger partial charge in [0.25, 0.3) is 5.91 Å². The first-order chi connectivity index (χ1) is 12.5. The number of nitrogens with zero attached hydrogens (tertiary/aromatic N) is 2. The third-order valence-corrected chi connectivity index (χ3v) is 5.04. The van der Waals surface area contributed by atoms with Gasteiger partial charge in [-0.1, -0.05) is 12.1 Å². The predicted octanol–water partition coefficient (Wildman–Crippen LogP) is 3.05. The Bertz CT molecular complexity index is 807. The average Bonchev–Trinajstić information content (AvgIpc) is 2.69. The summed E-state index contributed by atoms with van der Waals surface area (Å²) in [5.41, 5.74) is 4.87. The molecule has 5 nitrogen and oxygen atoms in total. The maximum Gasteiger partial charge on any atom is 0.337 e. The summed E-state index contributed by atoms with van der Waals surface area (Å²) >= 11 is 0. The summed E-state index contributed by atoms with van der Waals surface area (Å²) in [5, 5.41) is 0. The molecule has 1 fully saturated rings. The highest BCUT2D eigenvalue weighted by Gasteiger charge is 2.23. The number of hydrogen-bond donors (Lipinski definition) is 0. The smallest absolute Gasteiger partial charge is 0.337 e. The third kappa shape index (κ3) is 3.57. The van der Waals surface area contributed by atoms with Gasteiger partial charge >= 0.3 is 5.97 Å². The summed E-state index contributed by atoms with van der Waals surface area (Å²) in [6.45, 7) is 7.27. The molecular formula is C21H24N2O3. The zero-order valence-electron chi connectivity index (χ0n) is 15.5. The molecule has 26 heavy (non-hydrogen) atoms. The maximum atomic E-state index is 12.7. The van der Waals surface area contributed by atoms with Crippen LogP contribution in [0.5, 0.6) is 0 Å². The van der Waals surface area contributed by atoms with E-state index in [0.717, 1.165) is 13.1 Å². The van der Waals surface area contributed by atoms with E-state index in [-0.39, 0.29) is 5.91 Å². The van der Waals surface area contributed by atoms with Crippen LogP contribution in [-0.4, -0.2) is 50.1 Å². The van der Waals surface area contributed by atoms with Gasteiger partial charge in [-0.2, -0.15) is 0 Å². The number of methoxy groups -OCH3 is 1. The molecule has 0 bridgehead atoms. The quantitative estimate of drug-likeness (QED) is 0.797. The van der Waals surface area contributed by atoms with Crippen molar-refractivity contribution < 1.29 is 14.3 Å². The van der Waals surface area contributed by atoms with Gasteiger partial charge in [0.2, 0.25) is 0 Å². The number of piperazine rings is 1. The van der Waals surface area contributed by atoms with Crippen LogP contribution in [0.15, 0.2) is 42.5 Å². The summed E-state index contributed by atoms with van der Waals surface area (Å²) < 4.78 is 4.68. The van der Waals surface area contributed by atoms with Gasteiger partial charge in [0, 0.05) is 37.4 Å². The van der Waals surface area contributed by atoms with Crippen LogP contribution < -0.4 is 4.90 Å². The molecule has 1 aliphatic heterocycles. The molecule has 0 saturated carbocycles. The Morgan fingerprint density at radius 3 is 2.12 bits per heavy atom. The van der Waals surface area contributed by atoms with Crippen molar-refractivity contribution in [3.8, 4) is 0 Å². The molecule has 1 aliphatic rings. The molecule has 1 amide bonds. The fourth-order valence-electron chi connectivity index (χ4n) is 3.28. The van der Waals surface area contributed by atoms with Gasteiger partial charge in [-0.05, 0) is 55.3 Å². The first-order valence-corrected chi connectivity index (χ1v) is 8.80. The zero-order chi connectivity index (χ0) is 18.7. The Balaban J connectivity index is 1.65. The van der Waals surface area contributed by atoms with Crippen molar-refractivity contribution in [2.75, 3.05) is 38.2 Å². The second kappa shape index (κ2) is 7.60.